The number of hydrogen-bond donors (Lipinski definition) is 1. The van der Waals surface area contributed by atoms with Crippen molar-refractivity contribution in [1.29, 1.82) is 0 Å². The first-order valence-electron chi connectivity index (χ1n) is 7.66. The lowest BCUT2D eigenvalue weighted by molar-refractivity contribution is 0.174. The van der Waals surface area contributed by atoms with E-state index in [0.29, 0.717) is 18.8 Å². The van der Waals surface area contributed by atoms with Gasteiger partial charge < -0.3 is 19.7 Å². The second kappa shape index (κ2) is 5.92. The van der Waals surface area contributed by atoms with Gasteiger partial charge in [0.05, 0.1) is 0 Å². The van der Waals surface area contributed by atoms with Gasteiger partial charge in [0.1, 0.15) is 0 Å². The molecule has 4 nitrogen and oxygen atoms in total. The fourth-order valence-electron chi connectivity index (χ4n) is 3.10. The molecule has 0 spiro atoms. The number of benzene rings is 1. The van der Waals surface area contributed by atoms with E-state index in [-0.39, 0.29) is 0 Å². The Kier molecular flexibility index (Phi) is 4.01. The highest BCUT2D eigenvalue weighted by atomic mass is 16.7. The van der Waals surface area contributed by atoms with E-state index in [2.05, 4.69) is 36.2 Å². The summed E-state index contributed by atoms with van der Waals surface area (Å²) in [6.45, 7) is 8.23. The van der Waals surface area contributed by atoms with Crippen LogP contribution in [0.1, 0.15) is 26.7 Å². The monoisotopic (exact) mass is 276 g/mol. The van der Waals surface area contributed by atoms with Crippen molar-refractivity contribution in [2.45, 2.75) is 32.7 Å². The minimum atomic E-state index is 0.345. The van der Waals surface area contributed by atoms with Crippen molar-refractivity contribution in [1.82, 2.24) is 5.32 Å². The van der Waals surface area contributed by atoms with Crippen molar-refractivity contribution in [3.63, 3.8) is 0 Å². The number of piperidine rings is 1. The van der Waals surface area contributed by atoms with Crippen LogP contribution in [0.15, 0.2) is 18.2 Å². The van der Waals surface area contributed by atoms with Gasteiger partial charge in [-0.2, -0.15) is 0 Å². The van der Waals surface area contributed by atoms with Gasteiger partial charge in [0.25, 0.3) is 0 Å². The Hall–Kier alpha value is -1.42. The summed E-state index contributed by atoms with van der Waals surface area (Å²) in [5, 5.41) is 3.66. The molecule has 0 radical (unpaired) electrons. The van der Waals surface area contributed by atoms with E-state index in [1.807, 2.05) is 6.07 Å². The summed E-state index contributed by atoms with van der Waals surface area (Å²) in [6, 6.07) is 6.92. The Bertz CT molecular complexity index is 464. The highest BCUT2D eigenvalue weighted by molar-refractivity contribution is 5.57. The molecule has 2 aliphatic rings. The summed E-state index contributed by atoms with van der Waals surface area (Å²) >= 11 is 0. The van der Waals surface area contributed by atoms with Crippen LogP contribution in [0.25, 0.3) is 0 Å². The summed E-state index contributed by atoms with van der Waals surface area (Å²) in [6.07, 6.45) is 2.41. The Morgan fingerprint density at radius 1 is 1.30 bits per heavy atom. The van der Waals surface area contributed by atoms with E-state index in [9.17, 15) is 0 Å². The van der Waals surface area contributed by atoms with Crippen LogP contribution in [0.2, 0.25) is 0 Å². The van der Waals surface area contributed by atoms with Crippen LogP contribution in [-0.4, -0.2) is 32.5 Å². The quantitative estimate of drug-likeness (QED) is 0.916. The molecule has 1 fully saturated rings. The van der Waals surface area contributed by atoms with Gasteiger partial charge in [0.2, 0.25) is 6.79 Å². The predicted octanol–water partition coefficient (Wildman–Crippen LogP) is 2.63. The molecule has 4 heteroatoms. The average molecular weight is 276 g/mol. The van der Waals surface area contributed by atoms with Crippen LogP contribution in [0, 0.1) is 5.92 Å². The van der Waals surface area contributed by atoms with E-state index in [0.717, 1.165) is 31.1 Å². The van der Waals surface area contributed by atoms with E-state index >= 15 is 0 Å². The summed E-state index contributed by atoms with van der Waals surface area (Å²) in [4.78, 5) is 2.46. The third kappa shape index (κ3) is 2.70. The SMILES string of the molecule is CCCNC1CCN(c2ccc3c(c2)OCO3)CC1C. The van der Waals surface area contributed by atoms with Crippen LogP contribution >= 0.6 is 0 Å². The predicted molar refractivity (Wildman–Crippen MR) is 80.6 cm³/mol. The number of ether oxygens (including phenoxy) is 2. The molecule has 20 heavy (non-hydrogen) atoms. The first kappa shape index (κ1) is 13.6. The standard InChI is InChI=1S/C16H24N2O2/c1-3-7-17-14-6-8-18(10-12(14)2)13-4-5-15-16(9-13)20-11-19-15/h4-5,9,12,14,17H,3,6-8,10-11H2,1-2H3. The van der Waals surface area contributed by atoms with E-state index in [1.54, 1.807) is 0 Å². The zero-order valence-electron chi connectivity index (χ0n) is 12.4. The summed E-state index contributed by atoms with van der Waals surface area (Å²) in [7, 11) is 0. The zero-order valence-corrected chi connectivity index (χ0v) is 12.4. The maximum absolute atomic E-state index is 5.47. The van der Waals surface area contributed by atoms with Gasteiger partial charge in [-0.25, -0.2) is 0 Å². The molecule has 3 rings (SSSR count). The second-order valence-electron chi connectivity index (χ2n) is 5.81. The molecule has 1 saturated heterocycles. The minimum absolute atomic E-state index is 0.345. The number of rotatable bonds is 4. The number of fused-ring (bicyclic) bond motifs is 1. The number of anilines is 1. The van der Waals surface area contributed by atoms with Gasteiger partial charge in [-0.15, -0.1) is 0 Å². The van der Waals surface area contributed by atoms with Crippen molar-refractivity contribution < 1.29 is 9.47 Å². The molecule has 0 aromatic heterocycles. The normalized spacial score (nSPS) is 25.0. The van der Waals surface area contributed by atoms with Gasteiger partial charge >= 0.3 is 0 Å². The van der Waals surface area contributed by atoms with Crippen molar-refractivity contribution in [3.8, 4) is 11.5 Å². The maximum Gasteiger partial charge on any atom is 0.231 e. The molecule has 2 atom stereocenters. The molecule has 110 valence electrons. The average Bonchev–Trinajstić information content (AvgIpc) is 2.93. The maximum atomic E-state index is 5.47. The number of nitrogens with one attached hydrogen (secondary N) is 1. The van der Waals surface area contributed by atoms with Gasteiger partial charge in [-0.3, -0.25) is 0 Å². The van der Waals surface area contributed by atoms with Gasteiger partial charge in [0.15, 0.2) is 11.5 Å². The molecule has 1 aromatic rings. The molecule has 1 N–H and O–H groups in total. The van der Waals surface area contributed by atoms with Crippen molar-refractivity contribution in [2.75, 3.05) is 31.3 Å². The topological polar surface area (TPSA) is 33.7 Å². The molecule has 2 aliphatic heterocycles. The van der Waals surface area contributed by atoms with Gasteiger partial charge in [-0.1, -0.05) is 13.8 Å². The van der Waals surface area contributed by atoms with Gasteiger partial charge in [-0.05, 0) is 37.4 Å². The number of hydrogen-bond acceptors (Lipinski definition) is 4. The van der Waals surface area contributed by atoms with Crippen LogP contribution in [-0.2, 0) is 0 Å². The van der Waals surface area contributed by atoms with Crippen LogP contribution in [0.5, 0.6) is 11.5 Å². The summed E-state index contributed by atoms with van der Waals surface area (Å²) < 4.78 is 10.8. The van der Waals surface area contributed by atoms with E-state index in [1.165, 1.54) is 18.5 Å². The largest absolute Gasteiger partial charge is 0.454 e. The van der Waals surface area contributed by atoms with Crippen molar-refractivity contribution in [3.05, 3.63) is 18.2 Å². The number of nitrogens with zero attached hydrogens (tertiary/aromatic N) is 1. The third-order valence-electron chi connectivity index (χ3n) is 4.28. The molecule has 0 aliphatic carbocycles. The van der Waals surface area contributed by atoms with Crippen molar-refractivity contribution in [2.24, 2.45) is 5.92 Å². The lowest BCUT2D eigenvalue weighted by atomic mass is 9.93. The third-order valence-corrected chi connectivity index (χ3v) is 4.28. The summed E-state index contributed by atoms with van der Waals surface area (Å²) in [5.74, 6) is 2.41. The molecule has 0 saturated carbocycles. The lowest BCUT2D eigenvalue weighted by Crippen LogP contribution is -2.48. The first-order valence-corrected chi connectivity index (χ1v) is 7.66. The molecule has 2 heterocycles. The molecule has 1 aromatic carbocycles. The smallest absolute Gasteiger partial charge is 0.231 e. The van der Waals surface area contributed by atoms with Crippen LogP contribution < -0.4 is 19.7 Å². The molecular formula is C16H24N2O2. The molecule has 0 bridgehead atoms. The highest BCUT2D eigenvalue weighted by Crippen LogP contribution is 2.36. The Morgan fingerprint density at radius 2 is 2.15 bits per heavy atom. The Labute approximate surface area is 121 Å². The fraction of sp³-hybridized carbons (Fsp3) is 0.625. The second-order valence-corrected chi connectivity index (χ2v) is 5.81. The Balaban J connectivity index is 1.65. The Morgan fingerprint density at radius 3 is 2.95 bits per heavy atom. The molecule has 0 amide bonds. The van der Waals surface area contributed by atoms with Crippen molar-refractivity contribution >= 4 is 5.69 Å². The minimum Gasteiger partial charge on any atom is -0.454 e. The van der Waals surface area contributed by atoms with E-state index in [4.69, 9.17) is 9.47 Å². The highest BCUT2D eigenvalue weighted by Gasteiger charge is 2.26. The zero-order chi connectivity index (χ0) is 13.9. The molecule has 2 unspecified atom stereocenters. The van der Waals surface area contributed by atoms with Gasteiger partial charge in [0, 0.05) is 30.9 Å². The fourth-order valence-corrected chi connectivity index (χ4v) is 3.10. The summed E-state index contributed by atoms with van der Waals surface area (Å²) in [5.41, 5.74) is 1.25. The first-order chi connectivity index (χ1) is 9.78. The molecular weight excluding hydrogens is 252 g/mol. The van der Waals surface area contributed by atoms with Crippen LogP contribution in [0.4, 0.5) is 5.69 Å². The van der Waals surface area contributed by atoms with E-state index < -0.39 is 0 Å². The van der Waals surface area contributed by atoms with Crippen LogP contribution in [0.3, 0.4) is 0 Å². The lowest BCUT2D eigenvalue weighted by Gasteiger charge is -2.38.